The fourth-order valence-electron chi connectivity index (χ4n) is 2.65. The Kier molecular flexibility index (Phi) is 6.27. The summed E-state index contributed by atoms with van der Waals surface area (Å²) >= 11 is 0. The molecule has 1 amide bonds. The molecule has 0 spiro atoms. The minimum absolute atomic E-state index is 0.149. The maximum atomic E-state index is 12.3. The lowest BCUT2D eigenvalue weighted by molar-refractivity contribution is -0.139. The summed E-state index contributed by atoms with van der Waals surface area (Å²) in [5.41, 5.74) is 1.09. The predicted octanol–water partition coefficient (Wildman–Crippen LogP) is 2.96. The molecular weight excluding hydrogens is 350 g/mol. The zero-order valence-corrected chi connectivity index (χ0v) is 14.7. The Labute approximate surface area is 156 Å². The molecule has 1 atom stereocenters. The van der Waals surface area contributed by atoms with Gasteiger partial charge in [0.1, 0.15) is 18.1 Å². The number of anilines is 1. The van der Waals surface area contributed by atoms with Crippen LogP contribution in [-0.4, -0.2) is 42.9 Å². The number of benzene rings is 2. The van der Waals surface area contributed by atoms with Crippen LogP contribution in [0.25, 0.3) is 0 Å². The largest absolute Gasteiger partial charge is 0.491 e. The maximum Gasteiger partial charge on any atom is 0.341 e. The Morgan fingerprint density at radius 3 is 2.33 bits per heavy atom. The Hall–Kier alpha value is -3.06. The minimum Gasteiger partial charge on any atom is -0.491 e. The standard InChI is InChI=1S/C20H21NO6/c22-19(23)13-27-17-9-5-15(6-10-17)21-20(24)14-3-7-16(8-4-14)26-12-18-2-1-11-25-18/h3-10,18H,1-2,11-13H2,(H,21,24)(H,22,23). The van der Waals surface area contributed by atoms with Crippen LogP contribution in [0.15, 0.2) is 48.5 Å². The molecule has 0 radical (unpaired) electrons. The minimum atomic E-state index is -1.05. The van der Waals surface area contributed by atoms with Gasteiger partial charge in [-0.3, -0.25) is 4.79 Å². The Morgan fingerprint density at radius 2 is 1.70 bits per heavy atom. The Balaban J connectivity index is 1.50. The number of aliphatic carboxylic acids is 1. The second-order valence-corrected chi connectivity index (χ2v) is 6.13. The van der Waals surface area contributed by atoms with E-state index in [0.717, 1.165) is 19.4 Å². The van der Waals surface area contributed by atoms with Crippen molar-refractivity contribution < 1.29 is 28.9 Å². The molecule has 1 aliphatic rings. The molecule has 3 rings (SSSR count). The highest BCUT2D eigenvalue weighted by Gasteiger charge is 2.16. The first-order valence-corrected chi connectivity index (χ1v) is 8.70. The van der Waals surface area contributed by atoms with Crippen molar-refractivity contribution >= 4 is 17.6 Å². The molecule has 2 aromatic carbocycles. The van der Waals surface area contributed by atoms with Crippen LogP contribution in [-0.2, 0) is 9.53 Å². The molecule has 1 aliphatic heterocycles. The van der Waals surface area contributed by atoms with E-state index in [9.17, 15) is 9.59 Å². The summed E-state index contributed by atoms with van der Waals surface area (Å²) in [6, 6.07) is 13.4. The molecule has 2 N–H and O–H groups in total. The molecule has 1 unspecified atom stereocenters. The van der Waals surface area contributed by atoms with Gasteiger partial charge in [0.05, 0.1) is 6.10 Å². The number of carboxylic acid groups (broad SMARTS) is 1. The number of hydrogen-bond donors (Lipinski definition) is 2. The first-order chi connectivity index (χ1) is 13.1. The molecular formula is C20H21NO6. The number of amides is 1. The van der Waals surface area contributed by atoms with Gasteiger partial charge in [0.25, 0.3) is 5.91 Å². The van der Waals surface area contributed by atoms with E-state index >= 15 is 0 Å². The molecule has 0 saturated carbocycles. The van der Waals surface area contributed by atoms with Gasteiger partial charge in [0.15, 0.2) is 6.61 Å². The van der Waals surface area contributed by atoms with Gasteiger partial charge in [-0.1, -0.05) is 0 Å². The van der Waals surface area contributed by atoms with E-state index in [0.29, 0.717) is 29.4 Å². The zero-order valence-electron chi connectivity index (χ0n) is 14.7. The summed E-state index contributed by atoms with van der Waals surface area (Å²) in [7, 11) is 0. The van der Waals surface area contributed by atoms with E-state index in [1.807, 2.05) is 0 Å². The summed E-state index contributed by atoms with van der Waals surface area (Å²) in [6.45, 7) is 0.897. The fraction of sp³-hybridized carbons (Fsp3) is 0.300. The third kappa shape index (κ3) is 5.72. The van der Waals surface area contributed by atoms with Gasteiger partial charge in [0.2, 0.25) is 0 Å². The monoisotopic (exact) mass is 371 g/mol. The van der Waals surface area contributed by atoms with Gasteiger partial charge in [-0.05, 0) is 61.4 Å². The SMILES string of the molecule is O=C(O)COc1ccc(NC(=O)c2ccc(OCC3CCCO3)cc2)cc1. The number of nitrogens with one attached hydrogen (secondary N) is 1. The van der Waals surface area contributed by atoms with Gasteiger partial charge in [0, 0.05) is 17.9 Å². The zero-order chi connectivity index (χ0) is 19.1. The van der Waals surface area contributed by atoms with Gasteiger partial charge in [-0.2, -0.15) is 0 Å². The topological polar surface area (TPSA) is 94.1 Å². The number of ether oxygens (including phenoxy) is 3. The lowest BCUT2D eigenvalue weighted by atomic mass is 10.2. The van der Waals surface area contributed by atoms with Gasteiger partial charge in [-0.25, -0.2) is 4.79 Å². The molecule has 0 aromatic heterocycles. The van der Waals surface area contributed by atoms with Crippen molar-refractivity contribution in [2.75, 3.05) is 25.1 Å². The van der Waals surface area contributed by atoms with Crippen molar-refractivity contribution in [1.82, 2.24) is 0 Å². The molecule has 27 heavy (non-hydrogen) atoms. The molecule has 142 valence electrons. The van der Waals surface area contributed by atoms with Crippen molar-refractivity contribution in [2.45, 2.75) is 18.9 Å². The van der Waals surface area contributed by atoms with Crippen molar-refractivity contribution in [2.24, 2.45) is 0 Å². The second-order valence-electron chi connectivity index (χ2n) is 6.13. The molecule has 1 saturated heterocycles. The summed E-state index contributed by atoms with van der Waals surface area (Å²) in [5, 5.41) is 11.4. The van der Waals surface area contributed by atoms with Crippen molar-refractivity contribution in [1.29, 1.82) is 0 Å². The van der Waals surface area contributed by atoms with E-state index in [4.69, 9.17) is 19.3 Å². The smallest absolute Gasteiger partial charge is 0.341 e. The lowest BCUT2D eigenvalue weighted by Gasteiger charge is -2.12. The number of hydrogen-bond acceptors (Lipinski definition) is 5. The average Bonchev–Trinajstić information content (AvgIpc) is 3.20. The van der Waals surface area contributed by atoms with Crippen molar-refractivity contribution in [3.05, 3.63) is 54.1 Å². The summed E-state index contributed by atoms with van der Waals surface area (Å²) in [4.78, 5) is 22.8. The van der Waals surface area contributed by atoms with Gasteiger partial charge < -0.3 is 24.6 Å². The van der Waals surface area contributed by atoms with Gasteiger partial charge in [-0.15, -0.1) is 0 Å². The maximum absolute atomic E-state index is 12.3. The second kappa shape index (κ2) is 9.05. The van der Waals surface area contributed by atoms with Crippen LogP contribution in [0.1, 0.15) is 23.2 Å². The van der Waals surface area contributed by atoms with Crippen LogP contribution in [0, 0.1) is 0 Å². The average molecular weight is 371 g/mol. The fourth-order valence-corrected chi connectivity index (χ4v) is 2.65. The van der Waals surface area contributed by atoms with E-state index in [1.165, 1.54) is 0 Å². The normalized spacial score (nSPS) is 15.9. The molecule has 7 nitrogen and oxygen atoms in total. The van der Waals surface area contributed by atoms with Crippen LogP contribution in [0.5, 0.6) is 11.5 Å². The molecule has 1 fully saturated rings. The summed E-state index contributed by atoms with van der Waals surface area (Å²) in [5.74, 6) is -0.180. The van der Waals surface area contributed by atoms with E-state index < -0.39 is 12.6 Å². The Morgan fingerprint density at radius 1 is 1.04 bits per heavy atom. The third-order valence-electron chi connectivity index (χ3n) is 4.05. The number of carboxylic acids is 1. The predicted molar refractivity (Wildman–Crippen MR) is 98.4 cm³/mol. The van der Waals surface area contributed by atoms with Crippen LogP contribution in [0.4, 0.5) is 5.69 Å². The number of carbonyl (C=O) groups excluding carboxylic acids is 1. The van der Waals surface area contributed by atoms with Crippen molar-refractivity contribution in [3.63, 3.8) is 0 Å². The highest BCUT2D eigenvalue weighted by Crippen LogP contribution is 2.19. The summed E-state index contributed by atoms with van der Waals surface area (Å²) < 4.78 is 16.2. The van der Waals surface area contributed by atoms with Crippen LogP contribution in [0.3, 0.4) is 0 Å². The lowest BCUT2D eigenvalue weighted by Crippen LogP contribution is -2.16. The van der Waals surface area contributed by atoms with E-state index in [2.05, 4.69) is 5.32 Å². The van der Waals surface area contributed by atoms with E-state index in [1.54, 1.807) is 48.5 Å². The molecule has 2 aromatic rings. The molecule has 0 aliphatic carbocycles. The third-order valence-corrected chi connectivity index (χ3v) is 4.05. The van der Waals surface area contributed by atoms with E-state index in [-0.39, 0.29) is 12.0 Å². The highest BCUT2D eigenvalue weighted by atomic mass is 16.5. The quantitative estimate of drug-likeness (QED) is 0.741. The molecule has 0 bridgehead atoms. The summed E-state index contributed by atoms with van der Waals surface area (Å²) in [6.07, 6.45) is 2.23. The molecule has 7 heteroatoms. The highest BCUT2D eigenvalue weighted by molar-refractivity contribution is 6.04. The van der Waals surface area contributed by atoms with Crippen LogP contribution < -0.4 is 14.8 Å². The first kappa shape index (κ1) is 18.7. The van der Waals surface area contributed by atoms with Crippen LogP contribution in [0.2, 0.25) is 0 Å². The molecule has 1 heterocycles. The van der Waals surface area contributed by atoms with Gasteiger partial charge >= 0.3 is 5.97 Å². The Bertz CT molecular complexity index is 766. The number of carbonyl (C=O) groups is 2. The van der Waals surface area contributed by atoms with Crippen molar-refractivity contribution in [3.8, 4) is 11.5 Å². The first-order valence-electron chi connectivity index (χ1n) is 8.70. The van der Waals surface area contributed by atoms with Crippen LogP contribution >= 0.6 is 0 Å². The number of rotatable bonds is 8.